The van der Waals surface area contributed by atoms with E-state index in [9.17, 15) is 0 Å². The van der Waals surface area contributed by atoms with E-state index in [0.29, 0.717) is 0 Å². The summed E-state index contributed by atoms with van der Waals surface area (Å²) in [5.41, 5.74) is 21.7. The first kappa shape index (κ1) is 26.1. The lowest BCUT2D eigenvalue weighted by atomic mass is 9.62. The van der Waals surface area contributed by atoms with Crippen LogP contribution in [0.25, 0.3) is 0 Å². The molecule has 0 saturated heterocycles. The molecule has 0 unspecified atom stereocenters. The van der Waals surface area contributed by atoms with Crippen molar-refractivity contribution in [3.8, 4) is 0 Å². The molecule has 1 fully saturated rings. The van der Waals surface area contributed by atoms with Gasteiger partial charge in [0.05, 0.1) is 0 Å². The molecule has 2 nitrogen and oxygen atoms in total. The van der Waals surface area contributed by atoms with E-state index in [4.69, 9.17) is 11.5 Å². The van der Waals surface area contributed by atoms with Gasteiger partial charge in [0, 0.05) is 16.8 Å². The molecule has 4 aromatic rings. The molecule has 0 amide bonds. The summed E-state index contributed by atoms with van der Waals surface area (Å²) in [6, 6.07) is 35.5. The maximum atomic E-state index is 5.88. The minimum atomic E-state index is 0.0994. The van der Waals surface area contributed by atoms with Crippen LogP contribution in [0.2, 0.25) is 0 Å². The molecule has 0 atom stereocenters. The smallest absolute Gasteiger partial charge is 0.0314 e. The SMILES string of the molecule is CCCCC1CCC(c2ccc(Cc3ccc(N)cc3)cc2)(c2ccc(Cc3ccc(N)cc3)cc2)CC1. The molecule has 0 aliphatic heterocycles. The minimum absolute atomic E-state index is 0.0994. The third-order valence-corrected chi connectivity index (χ3v) is 8.71. The van der Waals surface area contributed by atoms with Crippen molar-refractivity contribution in [1.29, 1.82) is 0 Å². The van der Waals surface area contributed by atoms with Crippen molar-refractivity contribution in [3.05, 3.63) is 130 Å². The van der Waals surface area contributed by atoms with Gasteiger partial charge in [-0.15, -0.1) is 0 Å². The van der Waals surface area contributed by atoms with Gasteiger partial charge >= 0.3 is 0 Å². The van der Waals surface area contributed by atoms with Gasteiger partial charge in [-0.1, -0.05) is 99.0 Å². The normalized spacial score (nSPS) is 15.4. The van der Waals surface area contributed by atoms with E-state index in [1.165, 1.54) is 78.3 Å². The molecule has 38 heavy (non-hydrogen) atoms. The molecule has 2 heteroatoms. The summed E-state index contributed by atoms with van der Waals surface area (Å²) < 4.78 is 0. The monoisotopic (exact) mass is 502 g/mol. The zero-order valence-electron chi connectivity index (χ0n) is 22.8. The first-order valence-electron chi connectivity index (χ1n) is 14.4. The van der Waals surface area contributed by atoms with Crippen LogP contribution >= 0.6 is 0 Å². The van der Waals surface area contributed by atoms with Crippen LogP contribution in [0.4, 0.5) is 11.4 Å². The van der Waals surface area contributed by atoms with E-state index in [0.717, 1.165) is 30.1 Å². The van der Waals surface area contributed by atoms with Gasteiger partial charge in [-0.3, -0.25) is 0 Å². The molecule has 1 aliphatic rings. The highest BCUT2D eigenvalue weighted by Crippen LogP contribution is 2.47. The number of benzene rings is 4. The Morgan fingerprint density at radius 2 is 0.947 bits per heavy atom. The fourth-order valence-corrected chi connectivity index (χ4v) is 6.32. The second-order valence-electron chi connectivity index (χ2n) is 11.4. The first-order chi connectivity index (χ1) is 18.5. The summed E-state index contributed by atoms with van der Waals surface area (Å²) in [6.07, 6.45) is 11.0. The molecule has 4 N–H and O–H groups in total. The molecule has 5 rings (SSSR count). The van der Waals surface area contributed by atoms with Gasteiger partial charge < -0.3 is 11.5 Å². The number of hydrogen-bond acceptors (Lipinski definition) is 2. The lowest BCUT2D eigenvalue weighted by Crippen LogP contribution is -2.33. The van der Waals surface area contributed by atoms with Crippen LogP contribution in [-0.4, -0.2) is 0 Å². The van der Waals surface area contributed by atoms with Gasteiger partial charge in [-0.05, 0) is 102 Å². The quantitative estimate of drug-likeness (QED) is 0.225. The number of hydrogen-bond donors (Lipinski definition) is 2. The average molecular weight is 503 g/mol. The maximum absolute atomic E-state index is 5.88. The molecule has 4 aromatic carbocycles. The van der Waals surface area contributed by atoms with E-state index in [1.807, 2.05) is 24.3 Å². The Kier molecular flexibility index (Phi) is 8.17. The minimum Gasteiger partial charge on any atom is -0.399 e. The Bertz CT molecular complexity index is 1180. The Hall–Kier alpha value is -3.52. The van der Waals surface area contributed by atoms with Crippen molar-refractivity contribution in [2.45, 2.75) is 70.1 Å². The van der Waals surface area contributed by atoms with Crippen molar-refractivity contribution in [2.75, 3.05) is 11.5 Å². The highest BCUT2D eigenvalue weighted by Gasteiger charge is 2.38. The van der Waals surface area contributed by atoms with Crippen LogP contribution in [0, 0.1) is 5.92 Å². The Morgan fingerprint density at radius 3 is 1.32 bits per heavy atom. The third kappa shape index (κ3) is 6.13. The molecule has 196 valence electrons. The van der Waals surface area contributed by atoms with Gasteiger partial charge in [-0.25, -0.2) is 0 Å². The topological polar surface area (TPSA) is 52.0 Å². The van der Waals surface area contributed by atoms with E-state index in [2.05, 4.69) is 79.7 Å². The zero-order valence-corrected chi connectivity index (χ0v) is 22.8. The van der Waals surface area contributed by atoms with Crippen LogP contribution in [0.5, 0.6) is 0 Å². The third-order valence-electron chi connectivity index (χ3n) is 8.71. The summed E-state index contributed by atoms with van der Waals surface area (Å²) >= 11 is 0. The summed E-state index contributed by atoms with van der Waals surface area (Å²) in [5.74, 6) is 0.873. The van der Waals surface area contributed by atoms with Crippen molar-refractivity contribution in [1.82, 2.24) is 0 Å². The highest BCUT2D eigenvalue weighted by molar-refractivity contribution is 5.45. The molecule has 0 aromatic heterocycles. The van der Waals surface area contributed by atoms with Gasteiger partial charge in [0.1, 0.15) is 0 Å². The van der Waals surface area contributed by atoms with Gasteiger partial charge in [0.15, 0.2) is 0 Å². The Balaban J connectivity index is 1.38. The van der Waals surface area contributed by atoms with Crippen LogP contribution in [0.3, 0.4) is 0 Å². The standard InChI is InChI=1S/C36H42N2/c1-2-3-4-27-21-23-36(24-22-27,32-13-5-28(6-14-32)25-30-9-17-34(37)18-10-30)33-15-7-29(8-16-33)26-31-11-19-35(38)20-12-31/h5-20,27H,2-4,21-26,37-38H2,1H3. The van der Waals surface area contributed by atoms with Crippen LogP contribution < -0.4 is 11.5 Å². The number of nitrogen functional groups attached to an aromatic ring is 2. The molecule has 0 bridgehead atoms. The van der Waals surface area contributed by atoms with Crippen LogP contribution in [-0.2, 0) is 18.3 Å². The van der Waals surface area contributed by atoms with E-state index < -0.39 is 0 Å². The molecule has 0 spiro atoms. The second-order valence-corrected chi connectivity index (χ2v) is 11.4. The molecule has 0 radical (unpaired) electrons. The predicted octanol–water partition coefficient (Wildman–Crippen LogP) is 8.70. The van der Waals surface area contributed by atoms with Crippen molar-refractivity contribution < 1.29 is 0 Å². The average Bonchev–Trinajstić information content (AvgIpc) is 2.95. The number of anilines is 2. The number of nitrogens with two attached hydrogens (primary N) is 2. The number of rotatable bonds is 9. The van der Waals surface area contributed by atoms with Crippen molar-refractivity contribution >= 4 is 11.4 Å². The van der Waals surface area contributed by atoms with E-state index in [-0.39, 0.29) is 5.41 Å². The first-order valence-corrected chi connectivity index (χ1v) is 14.4. The lowest BCUT2D eigenvalue weighted by Gasteiger charge is -2.41. The highest BCUT2D eigenvalue weighted by atomic mass is 14.5. The summed E-state index contributed by atoms with van der Waals surface area (Å²) in [7, 11) is 0. The fourth-order valence-electron chi connectivity index (χ4n) is 6.32. The van der Waals surface area contributed by atoms with Gasteiger partial charge in [0.25, 0.3) is 0 Å². The van der Waals surface area contributed by atoms with Gasteiger partial charge in [-0.2, -0.15) is 0 Å². The molecule has 1 saturated carbocycles. The van der Waals surface area contributed by atoms with E-state index >= 15 is 0 Å². The largest absolute Gasteiger partial charge is 0.399 e. The van der Waals surface area contributed by atoms with Crippen LogP contribution in [0.15, 0.2) is 97.1 Å². The summed E-state index contributed by atoms with van der Waals surface area (Å²) in [5, 5.41) is 0. The number of unbranched alkanes of at least 4 members (excludes halogenated alkanes) is 1. The van der Waals surface area contributed by atoms with Crippen LogP contribution in [0.1, 0.15) is 85.3 Å². The predicted molar refractivity (Wildman–Crippen MR) is 162 cm³/mol. The maximum Gasteiger partial charge on any atom is 0.0314 e. The van der Waals surface area contributed by atoms with Gasteiger partial charge in [0.2, 0.25) is 0 Å². The molecule has 1 aliphatic carbocycles. The lowest BCUT2D eigenvalue weighted by molar-refractivity contribution is 0.251. The molecule has 0 heterocycles. The Morgan fingerprint density at radius 1 is 0.579 bits per heavy atom. The summed E-state index contributed by atoms with van der Waals surface area (Å²) in [4.78, 5) is 0. The Labute approximate surface area is 229 Å². The van der Waals surface area contributed by atoms with Crippen molar-refractivity contribution in [3.63, 3.8) is 0 Å². The molecular formula is C36H42N2. The fraction of sp³-hybridized carbons (Fsp3) is 0.333. The molecular weight excluding hydrogens is 460 g/mol. The summed E-state index contributed by atoms with van der Waals surface area (Å²) in [6.45, 7) is 2.31. The second kappa shape index (κ2) is 11.9. The zero-order chi connectivity index (χ0) is 26.4. The van der Waals surface area contributed by atoms with E-state index in [1.54, 1.807) is 0 Å². The van der Waals surface area contributed by atoms with Crippen molar-refractivity contribution in [2.24, 2.45) is 5.92 Å².